The van der Waals surface area contributed by atoms with E-state index >= 15 is 0 Å². The fourth-order valence-corrected chi connectivity index (χ4v) is 3.59. The van der Waals surface area contributed by atoms with Crippen LogP contribution in [0.2, 0.25) is 5.02 Å². The van der Waals surface area contributed by atoms with E-state index in [1.807, 2.05) is 45.0 Å². The summed E-state index contributed by atoms with van der Waals surface area (Å²) in [5, 5.41) is 16.0. The number of aryl methyl sites for hydroxylation is 1. The first-order chi connectivity index (χ1) is 14.9. The molecule has 2 unspecified atom stereocenters. The lowest BCUT2D eigenvalue weighted by Crippen LogP contribution is -2.47. The number of benzene rings is 1. The van der Waals surface area contributed by atoms with Gasteiger partial charge in [0.2, 0.25) is 5.91 Å². The van der Waals surface area contributed by atoms with E-state index in [0.29, 0.717) is 25.9 Å². The summed E-state index contributed by atoms with van der Waals surface area (Å²) in [6.07, 6.45) is 4.86. The van der Waals surface area contributed by atoms with Crippen LogP contribution in [0.1, 0.15) is 39.2 Å². The highest BCUT2D eigenvalue weighted by molar-refractivity contribution is 6.30. The van der Waals surface area contributed by atoms with Crippen molar-refractivity contribution in [1.82, 2.24) is 19.7 Å². The van der Waals surface area contributed by atoms with Gasteiger partial charge in [-0.1, -0.05) is 44.5 Å². The van der Waals surface area contributed by atoms with Crippen molar-refractivity contribution in [2.75, 3.05) is 20.7 Å². The van der Waals surface area contributed by atoms with E-state index in [4.69, 9.17) is 11.6 Å². The molecular formula is C23H33ClN4O4. The Bertz CT molecular complexity index is 880. The predicted molar refractivity (Wildman–Crippen MR) is 122 cm³/mol. The number of likely N-dealkylation sites (tertiary alicyclic amines) is 1. The molecule has 2 atom stereocenters. The topological polar surface area (TPSA) is 97.5 Å². The number of ether oxygens (including phenoxy) is 1. The lowest BCUT2D eigenvalue weighted by Gasteiger charge is -2.40. The number of aliphatic hydroxyl groups is 1. The standard InChI is InChI=1S/C16H22ClN3O.C7H11NO3/c1-15(2,3)16(21,10-20-12-18-11-19-20)9-8-13-4-6-14(17)7-5-13;1-8-4-5(3-6(8)9)7(10)11-2/h4-7,11-12,21H,8-10H2,1-3H3;5H,3-4H2,1-2H3. The van der Waals surface area contributed by atoms with E-state index in [0.717, 1.165) is 11.4 Å². The fourth-order valence-electron chi connectivity index (χ4n) is 3.46. The van der Waals surface area contributed by atoms with Crippen LogP contribution in [0.15, 0.2) is 36.9 Å². The summed E-state index contributed by atoms with van der Waals surface area (Å²) in [4.78, 5) is 27.3. The number of nitrogens with zero attached hydrogens (tertiary/aromatic N) is 4. The highest BCUT2D eigenvalue weighted by Gasteiger charge is 2.40. The van der Waals surface area contributed by atoms with Gasteiger partial charge in [0, 0.05) is 25.0 Å². The molecule has 0 aliphatic carbocycles. The highest BCUT2D eigenvalue weighted by atomic mass is 35.5. The van der Waals surface area contributed by atoms with Crippen molar-refractivity contribution < 1.29 is 19.4 Å². The van der Waals surface area contributed by atoms with E-state index in [2.05, 4.69) is 14.8 Å². The van der Waals surface area contributed by atoms with Crippen LogP contribution in [0.4, 0.5) is 0 Å². The molecule has 0 bridgehead atoms. The van der Waals surface area contributed by atoms with Gasteiger partial charge in [0.25, 0.3) is 0 Å². The summed E-state index contributed by atoms with van der Waals surface area (Å²) in [6, 6.07) is 7.76. The molecule has 2 heterocycles. The van der Waals surface area contributed by atoms with Crippen LogP contribution >= 0.6 is 11.6 Å². The van der Waals surface area contributed by atoms with E-state index in [1.54, 1.807) is 23.0 Å². The minimum Gasteiger partial charge on any atom is -0.469 e. The summed E-state index contributed by atoms with van der Waals surface area (Å²) >= 11 is 5.90. The lowest BCUT2D eigenvalue weighted by atomic mass is 9.73. The minimum absolute atomic E-state index is 0.0143. The molecule has 1 saturated heterocycles. The summed E-state index contributed by atoms with van der Waals surface area (Å²) in [7, 11) is 3.02. The predicted octanol–water partition coefficient (Wildman–Crippen LogP) is 2.98. The van der Waals surface area contributed by atoms with Crippen LogP contribution in [-0.2, 0) is 27.3 Å². The van der Waals surface area contributed by atoms with Crippen LogP contribution in [0, 0.1) is 11.3 Å². The fraction of sp³-hybridized carbons (Fsp3) is 0.565. The van der Waals surface area contributed by atoms with Gasteiger partial charge in [-0.3, -0.25) is 14.3 Å². The number of esters is 1. The molecule has 1 aliphatic rings. The largest absolute Gasteiger partial charge is 0.469 e. The minimum atomic E-state index is -0.861. The highest BCUT2D eigenvalue weighted by Crippen LogP contribution is 2.35. The zero-order chi connectivity index (χ0) is 23.9. The first kappa shape index (κ1) is 25.8. The second-order valence-corrected chi connectivity index (χ2v) is 9.64. The molecular weight excluding hydrogens is 432 g/mol. The van der Waals surface area contributed by atoms with E-state index in [9.17, 15) is 14.7 Å². The Morgan fingerprint density at radius 3 is 2.41 bits per heavy atom. The molecule has 1 N–H and O–H groups in total. The molecule has 1 aromatic heterocycles. The monoisotopic (exact) mass is 464 g/mol. The van der Waals surface area contributed by atoms with Gasteiger partial charge in [-0.2, -0.15) is 5.10 Å². The molecule has 0 saturated carbocycles. The molecule has 9 heteroatoms. The van der Waals surface area contributed by atoms with Crippen LogP contribution in [0.3, 0.4) is 0 Å². The van der Waals surface area contributed by atoms with Gasteiger partial charge in [-0.05, 0) is 36.0 Å². The summed E-state index contributed by atoms with van der Waals surface area (Å²) in [5.41, 5.74) is 0.0479. The average molecular weight is 465 g/mol. The third kappa shape index (κ3) is 7.03. The number of rotatable bonds is 6. The Morgan fingerprint density at radius 1 is 1.28 bits per heavy atom. The van der Waals surface area contributed by atoms with Gasteiger partial charge in [0.1, 0.15) is 12.7 Å². The quantitative estimate of drug-likeness (QED) is 0.660. The van der Waals surface area contributed by atoms with Crippen LogP contribution in [0.5, 0.6) is 0 Å². The van der Waals surface area contributed by atoms with Crippen molar-refractivity contribution in [3.8, 4) is 0 Å². The van der Waals surface area contributed by atoms with Crippen LogP contribution < -0.4 is 0 Å². The Balaban J connectivity index is 0.000000278. The number of halogens is 1. The van der Waals surface area contributed by atoms with Gasteiger partial charge >= 0.3 is 5.97 Å². The van der Waals surface area contributed by atoms with Crippen LogP contribution in [0.25, 0.3) is 0 Å². The molecule has 32 heavy (non-hydrogen) atoms. The number of carbonyl (C=O) groups is 2. The molecule has 1 aliphatic heterocycles. The number of hydrogen-bond donors (Lipinski definition) is 1. The molecule has 1 fully saturated rings. The molecule has 8 nitrogen and oxygen atoms in total. The Kier molecular flexibility index (Phi) is 8.81. The smallest absolute Gasteiger partial charge is 0.310 e. The molecule has 1 aromatic carbocycles. The van der Waals surface area contributed by atoms with E-state index < -0.39 is 5.60 Å². The third-order valence-corrected chi connectivity index (χ3v) is 6.15. The zero-order valence-corrected chi connectivity index (χ0v) is 20.2. The molecule has 3 rings (SSSR count). The molecule has 176 valence electrons. The zero-order valence-electron chi connectivity index (χ0n) is 19.4. The number of carbonyl (C=O) groups excluding carboxylic acids is 2. The maximum Gasteiger partial charge on any atom is 0.310 e. The molecule has 0 spiro atoms. The average Bonchev–Trinajstić information content (AvgIpc) is 3.36. The maximum atomic E-state index is 11.1. The first-order valence-electron chi connectivity index (χ1n) is 10.6. The second kappa shape index (κ2) is 10.9. The first-order valence-corrected chi connectivity index (χ1v) is 10.9. The van der Waals surface area contributed by atoms with Crippen molar-refractivity contribution in [2.24, 2.45) is 11.3 Å². The number of amides is 1. The molecule has 0 radical (unpaired) electrons. The van der Waals surface area contributed by atoms with Gasteiger partial charge in [0.15, 0.2) is 0 Å². The van der Waals surface area contributed by atoms with Crippen LogP contribution in [-0.4, -0.2) is 63.0 Å². The summed E-state index contributed by atoms with van der Waals surface area (Å²) < 4.78 is 6.20. The van der Waals surface area contributed by atoms with Crippen molar-refractivity contribution in [3.63, 3.8) is 0 Å². The van der Waals surface area contributed by atoms with Crippen molar-refractivity contribution >= 4 is 23.5 Å². The van der Waals surface area contributed by atoms with Gasteiger partial charge < -0.3 is 14.7 Å². The molecule has 1 amide bonds. The van der Waals surface area contributed by atoms with Crippen molar-refractivity contribution in [2.45, 2.75) is 52.2 Å². The van der Waals surface area contributed by atoms with Crippen molar-refractivity contribution in [3.05, 3.63) is 47.5 Å². The van der Waals surface area contributed by atoms with Gasteiger partial charge in [-0.15, -0.1) is 0 Å². The van der Waals surface area contributed by atoms with Gasteiger partial charge in [0.05, 0.1) is 25.2 Å². The Hall–Kier alpha value is -2.45. The van der Waals surface area contributed by atoms with E-state index in [-0.39, 0.29) is 23.2 Å². The Labute approximate surface area is 194 Å². The summed E-state index contributed by atoms with van der Waals surface area (Å²) in [5.74, 6) is -0.527. The Morgan fingerprint density at radius 2 is 1.94 bits per heavy atom. The number of methoxy groups -OCH3 is 1. The number of aromatic nitrogens is 3. The normalized spacial score (nSPS) is 18.0. The van der Waals surface area contributed by atoms with E-state index in [1.165, 1.54) is 19.0 Å². The second-order valence-electron chi connectivity index (χ2n) is 9.20. The SMILES string of the molecule is CC(C)(C)C(O)(CCc1ccc(Cl)cc1)Cn1cncn1.COC(=O)C1CC(=O)N(C)C1. The third-order valence-electron chi connectivity index (χ3n) is 5.90. The number of hydrogen-bond acceptors (Lipinski definition) is 6. The lowest BCUT2D eigenvalue weighted by molar-refractivity contribution is -0.145. The maximum absolute atomic E-state index is 11.1. The summed E-state index contributed by atoms with van der Waals surface area (Å²) in [6.45, 7) is 7.07. The van der Waals surface area contributed by atoms with Crippen molar-refractivity contribution in [1.29, 1.82) is 0 Å². The van der Waals surface area contributed by atoms with Gasteiger partial charge in [-0.25, -0.2) is 4.98 Å². The molecule has 2 aromatic rings.